The van der Waals surface area contributed by atoms with Crippen LogP contribution in [0.3, 0.4) is 0 Å². The highest BCUT2D eigenvalue weighted by molar-refractivity contribution is 7.66. The second-order valence-corrected chi connectivity index (χ2v) is 10.0. The number of phosphoric acid groups is 3. The van der Waals surface area contributed by atoms with Crippen LogP contribution in [-0.2, 0) is 36.3 Å². The highest BCUT2D eigenvalue weighted by Gasteiger charge is 2.43. The largest absolute Gasteiger partial charge is 0.490 e. The third kappa shape index (κ3) is 9.64. The van der Waals surface area contributed by atoms with Crippen molar-refractivity contribution in [3.63, 3.8) is 0 Å². The van der Waals surface area contributed by atoms with Crippen molar-refractivity contribution in [2.45, 2.75) is 44.2 Å². The Morgan fingerprint density at radius 3 is 2.33 bits per heavy atom. The van der Waals surface area contributed by atoms with Gasteiger partial charge in [0.05, 0.1) is 12.7 Å². The number of azide groups is 1. The molecule has 1 saturated heterocycles. The summed E-state index contributed by atoms with van der Waals surface area (Å²) in [4.78, 5) is 38.0. The number of rotatable bonds is 10. The van der Waals surface area contributed by atoms with Gasteiger partial charge in [-0.05, 0) is 25.8 Å². The van der Waals surface area contributed by atoms with Gasteiger partial charge in [0.2, 0.25) is 0 Å². The minimum Gasteiger partial charge on any atom is -0.380 e. The molecule has 0 spiro atoms. The van der Waals surface area contributed by atoms with Gasteiger partial charge in [0.1, 0.15) is 19.7 Å². The first-order chi connectivity index (χ1) is 12.0. The lowest BCUT2D eigenvalue weighted by molar-refractivity contribution is -0.103. The van der Waals surface area contributed by atoms with Crippen molar-refractivity contribution < 1.29 is 55.9 Å². The zero-order valence-electron chi connectivity index (χ0n) is 14.0. The summed E-state index contributed by atoms with van der Waals surface area (Å²) in [6, 6.07) is -0.841. The van der Waals surface area contributed by atoms with Gasteiger partial charge in [-0.15, -0.1) is 0 Å². The second kappa shape index (κ2) is 9.02. The van der Waals surface area contributed by atoms with Gasteiger partial charge in [-0.2, -0.15) is 8.62 Å². The van der Waals surface area contributed by atoms with Crippen molar-refractivity contribution in [3.8, 4) is 0 Å². The summed E-state index contributed by atoms with van der Waals surface area (Å²) in [6.45, 7) is 2.15. The van der Waals surface area contributed by atoms with E-state index in [1.54, 1.807) is 0 Å². The molecule has 1 heterocycles. The van der Waals surface area contributed by atoms with Crippen LogP contribution in [0.1, 0.15) is 20.3 Å². The molecule has 1 fully saturated rings. The van der Waals surface area contributed by atoms with E-state index >= 15 is 0 Å². The fourth-order valence-electron chi connectivity index (χ4n) is 1.99. The quantitative estimate of drug-likeness (QED) is 0.120. The molecule has 0 aromatic rings. The maximum absolute atomic E-state index is 11.7. The molecule has 0 aromatic carbocycles. The molecule has 0 aliphatic carbocycles. The van der Waals surface area contributed by atoms with Crippen molar-refractivity contribution in [2.24, 2.45) is 5.11 Å². The molecule has 154 valence electrons. The molecule has 19 heteroatoms. The Morgan fingerprint density at radius 1 is 1.22 bits per heavy atom. The van der Waals surface area contributed by atoms with Crippen LogP contribution in [-0.4, -0.2) is 58.0 Å². The molecule has 0 aromatic heterocycles. The topological polar surface area (TPSA) is 227 Å². The molecule has 5 atom stereocenters. The van der Waals surface area contributed by atoms with Crippen LogP contribution in [0.4, 0.5) is 0 Å². The molecule has 0 bridgehead atoms. The van der Waals surface area contributed by atoms with Gasteiger partial charge in [-0.25, -0.2) is 13.7 Å². The fraction of sp³-hybridized carbons (Fsp3) is 1.00. The number of hydrogen-bond acceptors (Lipinski definition) is 9. The van der Waals surface area contributed by atoms with E-state index in [-0.39, 0.29) is 6.42 Å². The van der Waals surface area contributed by atoms with Crippen LogP contribution in [0.2, 0.25) is 0 Å². The number of nitrogens with zero attached hydrogens (tertiary/aromatic N) is 3. The second-order valence-electron chi connectivity index (χ2n) is 5.63. The molecule has 4 N–H and O–H groups in total. The molecule has 0 saturated carbocycles. The molecule has 1 rings (SSSR count). The van der Waals surface area contributed by atoms with Crippen LogP contribution >= 0.6 is 23.5 Å². The maximum Gasteiger partial charge on any atom is 0.490 e. The lowest BCUT2D eigenvalue weighted by Gasteiger charge is -2.27. The maximum atomic E-state index is 11.7. The summed E-state index contributed by atoms with van der Waals surface area (Å²) in [7, 11) is -10.8. The molecule has 2 radical (unpaired) electrons. The van der Waals surface area contributed by atoms with Crippen molar-refractivity contribution in [3.05, 3.63) is 10.4 Å². The molecule has 0 amide bonds. The minimum absolute atomic E-state index is 0.106. The number of ether oxygens (including phenoxy) is 2. The molecule has 1 aliphatic heterocycles. The van der Waals surface area contributed by atoms with Crippen LogP contribution in [0, 0.1) is 0 Å². The van der Waals surface area contributed by atoms with Crippen LogP contribution in [0.25, 0.3) is 10.4 Å². The minimum atomic E-state index is -5.62. The molecular formula is C8H17BN3O12P3. The SMILES string of the molecule is [B][C@H]1C[C@@H](OC(C)(C)N=[N+]=[N-])[C@@H](COP(=O)(O)OP(=O)(O)OP(=O)(O)O)O1. The van der Waals surface area contributed by atoms with Crippen LogP contribution in [0.15, 0.2) is 5.11 Å². The zero-order valence-corrected chi connectivity index (χ0v) is 16.6. The summed E-state index contributed by atoms with van der Waals surface area (Å²) < 4.78 is 55.9. The monoisotopic (exact) mass is 451 g/mol. The van der Waals surface area contributed by atoms with Gasteiger partial charge < -0.3 is 29.0 Å². The van der Waals surface area contributed by atoms with Gasteiger partial charge in [0.25, 0.3) is 0 Å². The average Bonchev–Trinajstić information content (AvgIpc) is 2.71. The van der Waals surface area contributed by atoms with E-state index in [4.69, 9.17) is 37.5 Å². The standard InChI is InChI=1S/C8H17BN3O12P3/c1-8(2,11-12-10)22-5-3-7(9)21-6(5)4-20-26(16,17)24-27(18,19)23-25(13,14)15/h5-7H,3-4H2,1-2H3,(H,16,17)(H,18,19)(H2,13,14,15)/t5-,6-,7-/m1/s1. The van der Waals surface area contributed by atoms with E-state index in [9.17, 15) is 18.6 Å². The van der Waals surface area contributed by atoms with Crippen LogP contribution < -0.4 is 0 Å². The number of phosphoric ester groups is 1. The third-order valence-electron chi connectivity index (χ3n) is 2.77. The van der Waals surface area contributed by atoms with E-state index in [0.29, 0.717) is 0 Å². The van der Waals surface area contributed by atoms with Gasteiger partial charge in [-0.1, -0.05) is 5.11 Å². The summed E-state index contributed by atoms with van der Waals surface area (Å²) in [5.74, 6) is 0. The zero-order chi connectivity index (χ0) is 21.1. The first-order valence-corrected chi connectivity index (χ1v) is 11.5. The summed E-state index contributed by atoms with van der Waals surface area (Å²) in [5.41, 5.74) is 7.18. The first kappa shape index (κ1) is 24.7. The van der Waals surface area contributed by atoms with E-state index in [1.807, 2.05) is 0 Å². The Morgan fingerprint density at radius 2 is 1.81 bits per heavy atom. The normalized spacial score (nSPS) is 28.1. The first-order valence-electron chi connectivity index (χ1n) is 6.98. The molecule has 2 unspecified atom stereocenters. The predicted octanol–water partition coefficient (Wildman–Crippen LogP) is 1.04. The Balaban J connectivity index is 2.73. The smallest absolute Gasteiger partial charge is 0.380 e. The van der Waals surface area contributed by atoms with E-state index in [0.717, 1.165) is 0 Å². The van der Waals surface area contributed by atoms with Crippen molar-refractivity contribution >= 4 is 31.3 Å². The van der Waals surface area contributed by atoms with Gasteiger partial charge >= 0.3 is 23.5 Å². The van der Waals surface area contributed by atoms with Crippen LogP contribution in [0.5, 0.6) is 0 Å². The van der Waals surface area contributed by atoms with E-state index in [1.165, 1.54) is 13.8 Å². The predicted molar refractivity (Wildman–Crippen MR) is 86.9 cm³/mol. The highest BCUT2D eigenvalue weighted by atomic mass is 31.3. The van der Waals surface area contributed by atoms with E-state index in [2.05, 4.69) is 23.2 Å². The average molecular weight is 451 g/mol. The van der Waals surface area contributed by atoms with Crippen molar-refractivity contribution in [2.75, 3.05) is 6.61 Å². The Labute approximate surface area is 154 Å². The van der Waals surface area contributed by atoms with Gasteiger partial charge in [0, 0.05) is 10.9 Å². The molecule has 27 heavy (non-hydrogen) atoms. The summed E-state index contributed by atoms with van der Waals surface area (Å²) >= 11 is 0. The Hall–Kier alpha value is -0.295. The van der Waals surface area contributed by atoms with Gasteiger partial charge in [0.15, 0.2) is 0 Å². The third-order valence-corrected chi connectivity index (χ3v) is 6.57. The van der Waals surface area contributed by atoms with Gasteiger partial charge in [-0.3, -0.25) is 4.52 Å². The van der Waals surface area contributed by atoms with Crippen molar-refractivity contribution in [1.29, 1.82) is 0 Å². The van der Waals surface area contributed by atoms with Crippen molar-refractivity contribution in [1.82, 2.24) is 0 Å². The molecular weight excluding hydrogens is 434 g/mol. The fourth-order valence-corrected chi connectivity index (χ4v) is 5.02. The summed E-state index contributed by atoms with van der Waals surface area (Å²) in [6.07, 6.45) is -1.79. The summed E-state index contributed by atoms with van der Waals surface area (Å²) in [5, 5.41) is 3.40. The highest BCUT2D eigenvalue weighted by Crippen LogP contribution is 2.66. The van der Waals surface area contributed by atoms with E-state index < -0.39 is 54.0 Å². The lowest BCUT2D eigenvalue weighted by atomic mass is 9.96. The Kier molecular flexibility index (Phi) is 8.27. The molecule has 15 nitrogen and oxygen atoms in total. The molecule has 1 aliphatic rings. The number of hydrogen-bond donors (Lipinski definition) is 4. The lowest BCUT2D eigenvalue weighted by Crippen LogP contribution is -2.36. The Bertz CT molecular complexity index is 723.